The lowest BCUT2D eigenvalue weighted by Gasteiger charge is -2.20. The molecule has 0 saturated carbocycles. The Kier molecular flexibility index (Phi) is 8.90. The summed E-state index contributed by atoms with van der Waals surface area (Å²) in [5, 5.41) is 5.13. The Bertz CT molecular complexity index is 279. The summed E-state index contributed by atoms with van der Waals surface area (Å²) in [5.41, 5.74) is 0. The van der Waals surface area contributed by atoms with Gasteiger partial charge in [-0.2, -0.15) is 0 Å². The number of carbonyl (C=O) groups is 2. The summed E-state index contributed by atoms with van der Waals surface area (Å²) < 4.78 is 14.5. The minimum atomic E-state index is -0.659. The molecule has 0 aromatic carbocycles. The first-order valence-electron chi connectivity index (χ1n) is 6.12. The predicted octanol–water partition coefficient (Wildman–Crippen LogP) is 0.492. The number of ether oxygens (including phenoxy) is 3. The highest BCUT2D eigenvalue weighted by Gasteiger charge is 2.22. The molecule has 0 aromatic rings. The quantitative estimate of drug-likeness (QED) is 0.498. The van der Waals surface area contributed by atoms with E-state index in [-0.39, 0.29) is 12.5 Å². The zero-order valence-electron chi connectivity index (χ0n) is 12.2. The molecule has 0 rings (SSSR count). The van der Waals surface area contributed by atoms with E-state index in [1.54, 1.807) is 0 Å². The molecular formula is C12H24N2O5. The molecule has 0 saturated heterocycles. The number of nitrogens with one attached hydrogen (secondary N) is 2. The maximum atomic E-state index is 11.7. The van der Waals surface area contributed by atoms with E-state index >= 15 is 0 Å². The number of esters is 1. The van der Waals surface area contributed by atoms with Gasteiger partial charge in [-0.3, -0.25) is 0 Å². The second-order valence-electron chi connectivity index (χ2n) is 4.46. The highest BCUT2D eigenvalue weighted by atomic mass is 16.7. The Labute approximate surface area is 114 Å². The van der Waals surface area contributed by atoms with Crippen LogP contribution in [0.1, 0.15) is 20.3 Å². The maximum Gasteiger partial charge on any atom is 0.328 e. The Morgan fingerprint density at radius 3 is 2.11 bits per heavy atom. The smallest absolute Gasteiger partial charge is 0.328 e. The molecule has 0 aliphatic rings. The summed E-state index contributed by atoms with van der Waals surface area (Å²) in [5.74, 6) is -0.200. The third-order valence-electron chi connectivity index (χ3n) is 2.45. The van der Waals surface area contributed by atoms with Crippen LogP contribution in [0.4, 0.5) is 4.79 Å². The van der Waals surface area contributed by atoms with Crippen LogP contribution in [0.25, 0.3) is 0 Å². The van der Waals surface area contributed by atoms with Crippen LogP contribution in [0.15, 0.2) is 0 Å². The monoisotopic (exact) mass is 276 g/mol. The minimum Gasteiger partial charge on any atom is -0.467 e. The molecular weight excluding hydrogens is 252 g/mol. The third kappa shape index (κ3) is 7.63. The van der Waals surface area contributed by atoms with Crippen LogP contribution in [0.2, 0.25) is 0 Å². The van der Waals surface area contributed by atoms with Gasteiger partial charge in [-0.15, -0.1) is 0 Å². The topological polar surface area (TPSA) is 85.9 Å². The van der Waals surface area contributed by atoms with Gasteiger partial charge in [-0.1, -0.05) is 13.8 Å². The summed E-state index contributed by atoms with van der Waals surface area (Å²) in [6.07, 6.45) is -0.00892. The van der Waals surface area contributed by atoms with Crippen molar-refractivity contribution in [2.75, 3.05) is 27.9 Å². The molecule has 112 valence electrons. The standard InChI is InChI=1S/C12H24N2O5/c1-8(2)6-9(11(15)19-5)14-12(16)13-7-10(17-3)18-4/h8-10H,6-7H2,1-5H3,(H2,13,14,16). The molecule has 0 bridgehead atoms. The van der Waals surface area contributed by atoms with Gasteiger partial charge >= 0.3 is 12.0 Å². The first-order chi connectivity index (χ1) is 8.94. The first kappa shape index (κ1) is 17.7. The molecule has 0 aromatic heterocycles. The molecule has 0 heterocycles. The lowest BCUT2D eigenvalue weighted by atomic mass is 10.0. The van der Waals surface area contributed by atoms with Gasteiger partial charge in [0, 0.05) is 14.2 Å². The summed E-state index contributed by atoms with van der Waals surface area (Å²) >= 11 is 0. The Balaban J connectivity index is 4.26. The van der Waals surface area contributed by atoms with E-state index in [1.165, 1.54) is 21.3 Å². The van der Waals surface area contributed by atoms with Crippen LogP contribution in [-0.4, -0.2) is 52.2 Å². The van der Waals surface area contributed by atoms with Gasteiger partial charge in [0.25, 0.3) is 0 Å². The lowest BCUT2D eigenvalue weighted by molar-refractivity contribution is -0.143. The van der Waals surface area contributed by atoms with Crippen LogP contribution >= 0.6 is 0 Å². The van der Waals surface area contributed by atoms with E-state index in [2.05, 4.69) is 15.4 Å². The maximum absolute atomic E-state index is 11.7. The number of hydrogen-bond acceptors (Lipinski definition) is 5. The highest BCUT2D eigenvalue weighted by Crippen LogP contribution is 2.06. The Morgan fingerprint density at radius 1 is 1.11 bits per heavy atom. The number of amides is 2. The lowest BCUT2D eigenvalue weighted by Crippen LogP contribution is -2.48. The number of urea groups is 1. The van der Waals surface area contributed by atoms with Crippen molar-refractivity contribution in [2.45, 2.75) is 32.6 Å². The van der Waals surface area contributed by atoms with Crippen LogP contribution in [0, 0.1) is 5.92 Å². The zero-order chi connectivity index (χ0) is 14.8. The van der Waals surface area contributed by atoms with Crippen molar-refractivity contribution in [1.29, 1.82) is 0 Å². The molecule has 0 aliphatic carbocycles. The average Bonchev–Trinajstić information content (AvgIpc) is 2.37. The minimum absolute atomic E-state index is 0.189. The van der Waals surface area contributed by atoms with Crippen molar-refractivity contribution < 1.29 is 23.8 Å². The number of rotatable bonds is 8. The molecule has 0 radical (unpaired) electrons. The van der Waals surface area contributed by atoms with Crippen LogP contribution in [0.5, 0.6) is 0 Å². The van der Waals surface area contributed by atoms with Crippen molar-refractivity contribution in [3.63, 3.8) is 0 Å². The van der Waals surface area contributed by atoms with Gasteiger partial charge < -0.3 is 24.8 Å². The second kappa shape index (κ2) is 9.57. The molecule has 7 nitrogen and oxygen atoms in total. The second-order valence-corrected chi connectivity index (χ2v) is 4.46. The molecule has 2 amide bonds. The van der Waals surface area contributed by atoms with Crippen molar-refractivity contribution in [3.05, 3.63) is 0 Å². The normalized spacial score (nSPS) is 12.4. The van der Waals surface area contributed by atoms with Gasteiger partial charge in [0.1, 0.15) is 6.04 Å². The first-order valence-corrected chi connectivity index (χ1v) is 6.12. The third-order valence-corrected chi connectivity index (χ3v) is 2.45. The van der Waals surface area contributed by atoms with E-state index in [4.69, 9.17) is 9.47 Å². The molecule has 0 fully saturated rings. The molecule has 1 atom stereocenters. The number of hydrogen-bond donors (Lipinski definition) is 2. The molecule has 1 unspecified atom stereocenters. The number of carbonyl (C=O) groups excluding carboxylic acids is 2. The fraction of sp³-hybridized carbons (Fsp3) is 0.833. The van der Waals surface area contributed by atoms with Gasteiger partial charge in [0.15, 0.2) is 6.29 Å². The summed E-state index contributed by atoms with van der Waals surface area (Å²) in [6.45, 7) is 4.11. The van der Waals surface area contributed by atoms with E-state index in [0.717, 1.165) is 0 Å². The Morgan fingerprint density at radius 2 is 1.68 bits per heavy atom. The van der Waals surface area contributed by atoms with Gasteiger partial charge in [-0.05, 0) is 12.3 Å². The molecule has 0 aliphatic heterocycles. The van der Waals surface area contributed by atoms with Crippen molar-refractivity contribution in [1.82, 2.24) is 10.6 Å². The van der Waals surface area contributed by atoms with Gasteiger partial charge in [0.2, 0.25) is 0 Å². The highest BCUT2D eigenvalue weighted by molar-refractivity contribution is 5.83. The SMILES string of the molecule is COC(=O)C(CC(C)C)NC(=O)NCC(OC)OC. The van der Waals surface area contributed by atoms with E-state index in [0.29, 0.717) is 6.42 Å². The summed E-state index contributed by atoms with van der Waals surface area (Å²) in [7, 11) is 4.24. The fourth-order valence-corrected chi connectivity index (χ4v) is 1.48. The average molecular weight is 276 g/mol. The zero-order valence-corrected chi connectivity index (χ0v) is 12.2. The number of methoxy groups -OCH3 is 3. The molecule has 19 heavy (non-hydrogen) atoms. The van der Waals surface area contributed by atoms with Crippen LogP contribution in [0.3, 0.4) is 0 Å². The Hall–Kier alpha value is -1.34. The van der Waals surface area contributed by atoms with Crippen molar-refractivity contribution >= 4 is 12.0 Å². The molecule has 2 N–H and O–H groups in total. The predicted molar refractivity (Wildman–Crippen MR) is 69.6 cm³/mol. The largest absolute Gasteiger partial charge is 0.467 e. The molecule has 7 heteroatoms. The van der Waals surface area contributed by atoms with Crippen molar-refractivity contribution in [3.8, 4) is 0 Å². The van der Waals surface area contributed by atoms with Gasteiger partial charge in [0.05, 0.1) is 13.7 Å². The summed E-state index contributed by atoms with van der Waals surface area (Å²) in [4.78, 5) is 23.2. The summed E-state index contributed by atoms with van der Waals surface area (Å²) in [6, 6.07) is -1.12. The van der Waals surface area contributed by atoms with Crippen LogP contribution in [-0.2, 0) is 19.0 Å². The fourth-order valence-electron chi connectivity index (χ4n) is 1.48. The van der Waals surface area contributed by atoms with Crippen molar-refractivity contribution in [2.24, 2.45) is 5.92 Å². The molecule has 0 spiro atoms. The van der Waals surface area contributed by atoms with E-state index in [9.17, 15) is 9.59 Å². The van der Waals surface area contributed by atoms with E-state index < -0.39 is 24.3 Å². The van der Waals surface area contributed by atoms with Gasteiger partial charge in [-0.25, -0.2) is 9.59 Å². The van der Waals surface area contributed by atoms with E-state index in [1.807, 2.05) is 13.8 Å². The van der Waals surface area contributed by atoms with Crippen LogP contribution < -0.4 is 10.6 Å².